The van der Waals surface area contributed by atoms with Crippen molar-refractivity contribution in [1.29, 1.82) is 0 Å². The molecule has 2 unspecified atom stereocenters. The van der Waals surface area contributed by atoms with Gasteiger partial charge in [0.15, 0.2) is 0 Å². The van der Waals surface area contributed by atoms with Crippen LogP contribution in [-0.4, -0.2) is 51.0 Å². The number of pyridine rings is 1. The van der Waals surface area contributed by atoms with E-state index >= 15 is 0 Å². The van der Waals surface area contributed by atoms with Gasteiger partial charge in [0.25, 0.3) is 5.91 Å². The van der Waals surface area contributed by atoms with Crippen LogP contribution in [0.4, 0.5) is 4.39 Å². The predicted octanol–water partition coefficient (Wildman–Crippen LogP) is 0.468. The fourth-order valence-electron chi connectivity index (χ4n) is 2.35. The van der Waals surface area contributed by atoms with Crippen molar-refractivity contribution < 1.29 is 29.0 Å². The summed E-state index contributed by atoms with van der Waals surface area (Å²) in [4.78, 5) is 39.2. The summed E-state index contributed by atoms with van der Waals surface area (Å²) in [5.74, 6) is -5.75. The summed E-state index contributed by atoms with van der Waals surface area (Å²) < 4.78 is 12.8. The number of carbonyl (C=O) groups is 3. The molecule has 0 aliphatic carbocycles. The number of nitrogens with zero attached hydrogens (tertiary/aromatic N) is 2. The normalized spacial score (nSPS) is 21.9. The Morgan fingerprint density at radius 2 is 1.86 bits per heavy atom. The van der Waals surface area contributed by atoms with Gasteiger partial charge in [-0.15, -0.1) is 0 Å². The number of likely N-dealkylation sites (tertiary alicyclic amines) is 1. The van der Waals surface area contributed by atoms with Gasteiger partial charge >= 0.3 is 11.9 Å². The molecular weight excluding hydrogens is 283 g/mol. The van der Waals surface area contributed by atoms with Crippen LogP contribution in [0.5, 0.6) is 0 Å². The second-order valence-electron chi connectivity index (χ2n) is 4.79. The van der Waals surface area contributed by atoms with Crippen molar-refractivity contribution in [3.63, 3.8) is 0 Å². The first-order chi connectivity index (χ1) is 9.90. The topological polar surface area (TPSA) is 108 Å². The summed E-state index contributed by atoms with van der Waals surface area (Å²) in [6, 6.07) is 2.29. The van der Waals surface area contributed by atoms with Gasteiger partial charge in [-0.3, -0.25) is 14.4 Å². The third-order valence-corrected chi connectivity index (χ3v) is 3.48. The first-order valence-corrected chi connectivity index (χ1v) is 6.26. The van der Waals surface area contributed by atoms with Crippen molar-refractivity contribution in [3.8, 4) is 0 Å². The highest BCUT2D eigenvalue weighted by molar-refractivity contribution is 5.93. The number of carbonyl (C=O) groups excluding carboxylic acids is 1. The van der Waals surface area contributed by atoms with Crippen molar-refractivity contribution in [2.45, 2.75) is 6.42 Å². The van der Waals surface area contributed by atoms with Gasteiger partial charge in [-0.25, -0.2) is 9.37 Å². The minimum Gasteiger partial charge on any atom is -0.481 e. The Hall–Kier alpha value is -2.51. The zero-order valence-electron chi connectivity index (χ0n) is 10.9. The minimum atomic E-state index is -1.26. The van der Waals surface area contributed by atoms with Crippen LogP contribution >= 0.6 is 0 Å². The van der Waals surface area contributed by atoms with Crippen LogP contribution in [0, 0.1) is 17.7 Å². The fraction of sp³-hybridized carbons (Fsp3) is 0.385. The van der Waals surface area contributed by atoms with E-state index in [2.05, 4.69) is 4.98 Å². The molecule has 0 radical (unpaired) electrons. The van der Waals surface area contributed by atoms with E-state index in [0.29, 0.717) is 0 Å². The molecule has 8 heteroatoms. The second kappa shape index (κ2) is 5.86. The number of piperidine rings is 1. The number of aliphatic carboxylic acids is 2. The van der Waals surface area contributed by atoms with Gasteiger partial charge in [0.1, 0.15) is 11.5 Å². The number of aromatic nitrogens is 1. The lowest BCUT2D eigenvalue weighted by Crippen LogP contribution is -2.48. The van der Waals surface area contributed by atoms with Gasteiger partial charge in [-0.2, -0.15) is 0 Å². The fourth-order valence-corrected chi connectivity index (χ4v) is 2.35. The molecule has 1 amide bonds. The molecule has 2 rings (SSSR count). The number of carboxylic acids is 2. The van der Waals surface area contributed by atoms with Gasteiger partial charge in [0.2, 0.25) is 0 Å². The summed E-state index contributed by atoms with van der Waals surface area (Å²) in [5, 5.41) is 18.1. The van der Waals surface area contributed by atoms with Gasteiger partial charge in [0, 0.05) is 13.1 Å². The van der Waals surface area contributed by atoms with Crippen LogP contribution in [0.25, 0.3) is 0 Å². The molecule has 1 aromatic rings. The number of halogens is 1. The summed E-state index contributed by atoms with van der Waals surface area (Å²) in [6.45, 7) is -0.0805. The average molecular weight is 296 g/mol. The van der Waals surface area contributed by atoms with Crippen molar-refractivity contribution in [1.82, 2.24) is 9.88 Å². The summed E-state index contributed by atoms with van der Waals surface area (Å²) in [6.07, 6.45) is 0.950. The van der Waals surface area contributed by atoms with E-state index in [0.717, 1.165) is 12.3 Å². The molecule has 2 N–H and O–H groups in total. The molecule has 1 aliphatic rings. The molecule has 0 bridgehead atoms. The summed E-state index contributed by atoms with van der Waals surface area (Å²) >= 11 is 0. The minimum absolute atomic E-state index is 0.00527. The Morgan fingerprint density at radius 1 is 1.19 bits per heavy atom. The van der Waals surface area contributed by atoms with Gasteiger partial charge < -0.3 is 15.1 Å². The Balaban J connectivity index is 2.15. The van der Waals surface area contributed by atoms with Gasteiger partial charge in [0.05, 0.1) is 18.0 Å². The number of amides is 1. The van der Waals surface area contributed by atoms with E-state index in [1.54, 1.807) is 0 Å². The Labute approximate surface area is 119 Å². The lowest BCUT2D eigenvalue weighted by Gasteiger charge is -2.34. The summed E-state index contributed by atoms with van der Waals surface area (Å²) in [5.41, 5.74) is -0.00527. The van der Waals surface area contributed by atoms with E-state index in [-0.39, 0.29) is 25.2 Å². The molecule has 21 heavy (non-hydrogen) atoms. The van der Waals surface area contributed by atoms with E-state index in [9.17, 15) is 18.8 Å². The van der Waals surface area contributed by atoms with Crippen LogP contribution < -0.4 is 0 Å². The molecule has 1 aromatic heterocycles. The Bertz CT molecular complexity index is 574. The molecule has 112 valence electrons. The number of hydrogen-bond acceptors (Lipinski definition) is 4. The largest absolute Gasteiger partial charge is 0.481 e. The van der Waals surface area contributed by atoms with Gasteiger partial charge in [-0.05, 0) is 18.6 Å². The maximum Gasteiger partial charge on any atom is 0.309 e. The molecule has 1 fully saturated rings. The quantitative estimate of drug-likeness (QED) is 0.839. The third kappa shape index (κ3) is 3.15. The standard InChI is InChI=1S/C13H13FN2O5/c14-7-1-2-10(15-5-7)11(17)16-4-3-8(12(18)19)9(6-16)13(20)21/h1-2,5,8-9H,3-4,6H2,(H,18,19)(H,20,21). The number of hydrogen-bond donors (Lipinski definition) is 2. The van der Waals surface area contributed by atoms with Crippen molar-refractivity contribution in [3.05, 3.63) is 29.8 Å². The molecule has 2 heterocycles. The summed E-state index contributed by atoms with van der Waals surface area (Å²) in [7, 11) is 0. The van der Waals surface area contributed by atoms with Crippen molar-refractivity contribution >= 4 is 17.8 Å². The van der Waals surface area contributed by atoms with E-state index in [4.69, 9.17) is 10.2 Å². The Morgan fingerprint density at radius 3 is 2.38 bits per heavy atom. The smallest absolute Gasteiger partial charge is 0.309 e. The molecule has 0 aromatic carbocycles. The van der Waals surface area contributed by atoms with E-state index < -0.39 is 35.5 Å². The molecule has 1 saturated heterocycles. The highest BCUT2D eigenvalue weighted by Crippen LogP contribution is 2.25. The SMILES string of the molecule is O=C(O)C1CCN(C(=O)c2ccc(F)cn2)CC1C(=O)O. The second-order valence-corrected chi connectivity index (χ2v) is 4.79. The van der Waals surface area contributed by atoms with Crippen LogP contribution in [-0.2, 0) is 9.59 Å². The molecule has 1 aliphatic heterocycles. The predicted molar refractivity (Wildman–Crippen MR) is 67.0 cm³/mol. The zero-order valence-corrected chi connectivity index (χ0v) is 10.9. The van der Waals surface area contributed by atoms with Crippen LogP contribution in [0.15, 0.2) is 18.3 Å². The lowest BCUT2D eigenvalue weighted by molar-refractivity contribution is -0.156. The van der Waals surface area contributed by atoms with Crippen LogP contribution in [0.2, 0.25) is 0 Å². The van der Waals surface area contributed by atoms with E-state index in [1.165, 1.54) is 11.0 Å². The first kappa shape index (κ1) is 14.9. The molecule has 0 saturated carbocycles. The number of rotatable bonds is 3. The first-order valence-electron chi connectivity index (χ1n) is 6.26. The maximum atomic E-state index is 12.8. The molecule has 0 spiro atoms. The zero-order chi connectivity index (χ0) is 15.6. The average Bonchev–Trinajstić information content (AvgIpc) is 2.46. The highest BCUT2D eigenvalue weighted by Gasteiger charge is 2.40. The van der Waals surface area contributed by atoms with Crippen LogP contribution in [0.1, 0.15) is 16.9 Å². The van der Waals surface area contributed by atoms with Crippen molar-refractivity contribution in [2.24, 2.45) is 11.8 Å². The van der Waals surface area contributed by atoms with Crippen molar-refractivity contribution in [2.75, 3.05) is 13.1 Å². The molecule has 7 nitrogen and oxygen atoms in total. The molecular formula is C13H13FN2O5. The maximum absolute atomic E-state index is 12.8. The van der Waals surface area contributed by atoms with E-state index in [1.807, 2.05) is 0 Å². The lowest BCUT2D eigenvalue weighted by atomic mass is 9.85. The monoisotopic (exact) mass is 296 g/mol. The Kier molecular flexibility index (Phi) is 4.15. The third-order valence-electron chi connectivity index (χ3n) is 3.48. The van der Waals surface area contributed by atoms with Gasteiger partial charge in [-0.1, -0.05) is 0 Å². The molecule has 2 atom stereocenters. The highest BCUT2D eigenvalue weighted by atomic mass is 19.1. The number of carboxylic acid groups (broad SMARTS) is 2. The van der Waals surface area contributed by atoms with Crippen LogP contribution in [0.3, 0.4) is 0 Å².